The zero-order chi connectivity index (χ0) is 18.2. The maximum Gasteiger partial charge on any atom is 0.248 e. The smallest absolute Gasteiger partial charge is 0.248 e. The van der Waals surface area contributed by atoms with Crippen molar-refractivity contribution in [2.75, 3.05) is 18.1 Å². The van der Waals surface area contributed by atoms with Crippen molar-refractivity contribution in [3.63, 3.8) is 0 Å². The summed E-state index contributed by atoms with van der Waals surface area (Å²) in [5.41, 5.74) is 4.74. The molecule has 2 aromatic carbocycles. The van der Waals surface area contributed by atoms with Gasteiger partial charge >= 0.3 is 0 Å². The first kappa shape index (κ1) is 16.6. The zero-order valence-electron chi connectivity index (χ0n) is 15.4. The Morgan fingerprint density at radius 3 is 2.59 bits per heavy atom. The second-order valence-electron chi connectivity index (χ2n) is 7.62. The van der Waals surface area contributed by atoms with Gasteiger partial charge in [-0.05, 0) is 61.4 Å². The number of para-hydroxylation sites is 1. The van der Waals surface area contributed by atoms with Crippen molar-refractivity contribution < 1.29 is 4.74 Å². The molecule has 3 aromatic rings. The fourth-order valence-electron chi connectivity index (χ4n) is 4.80. The molecular formula is C23H24N2O2. The van der Waals surface area contributed by atoms with Gasteiger partial charge in [0.05, 0.1) is 11.2 Å². The van der Waals surface area contributed by atoms with Crippen LogP contribution in [0.5, 0.6) is 0 Å². The Hall–Kier alpha value is -2.59. The van der Waals surface area contributed by atoms with E-state index in [0.29, 0.717) is 12.0 Å². The van der Waals surface area contributed by atoms with Crippen LogP contribution in [-0.2, 0) is 11.2 Å². The first-order valence-electron chi connectivity index (χ1n) is 9.88. The largest absolute Gasteiger partial charge is 0.381 e. The van der Waals surface area contributed by atoms with Crippen molar-refractivity contribution in [2.45, 2.75) is 31.7 Å². The van der Waals surface area contributed by atoms with Gasteiger partial charge < -0.3 is 14.6 Å². The number of hydrogen-bond donors (Lipinski definition) is 1. The average Bonchev–Trinajstić information content (AvgIpc) is 2.73. The van der Waals surface area contributed by atoms with Crippen molar-refractivity contribution >= 4 is 22.3 Å². The average molecular weight is 360 g/mol. The van der Waals surface area contributed by atoms with Crippen LogP contribution >= 0.6 is 0 Å². The van der Waals surface area contributed by atoms with E-state index in [2.05, 4.69) is 40.2 Å². The monoisotopic (exact) mass is 360 g/mol. The van der Waals surface area contributed by atoms with Gasteiger partial charge in [0.25, 0.3) is 0 Å². The normalized spacial score (nSPS) is 20.6. The number of benzene rings is 2. The second-order valence-corrected chi connectivity index (χ2v) is 7.62. The maximum atomic E-state index is 11.8. The van der Waals surface area contributed by atoms with Crippen molar-refractivity contribution in [2.24, 2.45) is 5.92 Å². The Bertz CT molecular complexity index is 1020. The molecule has 4 heteroatoms. The zero-order valence-corrected chi connectivity index (χ0v) is 15.4. The van der Waals surface area contributed by atoms with Gasteiger partial charge in [-0.25, -0.2) is 0 Å². The third-order valence-electron chi connectivity index (χ3n) is 6.10. The van der Waals surface area contributed by atoms with Crippen molar-refractivity contribution in [3.05, 3.63) is 70.5 Å². The van der Waals surface area contributed by atoms with Gasteiger partial charge in [-0.15, -0.1) is 0 Å². The number of fused-ring (bicyclic) bond motifs is 2. The fourth-order valence-corrected chi connectivity index (χ4v) is 4.80. The molecule has 138 valence electrons. The lowest BCUT2D eigenvalue weighted by Crippen LogP contribution is -2.43. The minimum Gasteiger partial charge on any atom is -0.381 e. The number of rotatable bonds is 2. The lowest BCUT2D eigenvalue weighted by Gasteiger charge is -2.44. The van der Waals surface area contributed by atoms with Crippen LogP contribution in [0.1, 0.15) is 24.8 Å². The first-order valence-corrected chi connectivity index (χ1v) is 9.88. The standard InChI is InChI=1S/C23H24N2O2/c26-23-11-9-18-19(24-23)5-3-7-22(18)25-20-6-2-1-4-16(20)8-10-21(25)17-12-14-27-15-13-17/h1-7,9,11,17,21H,8,10,12-15H2,(H,24,26). The van der Waals surface area contributed by atoms with Crippen LogP contribution in [0.3, 0.4) is 0 Å². The van der Waals surface area contributed by atoms with E-state index in [-0.39, 0.29) is 5.56 Å². The molecule has 4 nitrogen and oxygen atoms in total. The predicted octanol–water partition coefficient (Wildman–Crippen LogP) is 4.41. The molecule has 5 rings (SSSR count). The number of aromatic nitrogens is 1. The van der Waals surface area contributed by atoms with E-state index in [0.717, 1.165) is 49.8 Å². The Morgan fingerprint density at radius 1 is 0.889 bits per heavy atom. The van der Waals surface area contributed by atoms with E-state index >= 15 is 0 Å². The predicted molar refractivity (Wildman–Crippen MR) is 109 cm³/mol. The summed E-state index contributed by atoms with van der Waals surface area (Å²) < 4.78 is 5.63. The fraction of sp³-hybridized carbons (Fsp3) is 0.348. The molecule has 1 atom stereocenters. The Labute approximate surface area is 158 Å². The van der Waals surface area contributed by atoms with E-state index in [1.54, 1.807) is 6.07 Å². The summed E-state index contributed by atoms with van der Waals surface area (Å²) in [7, 11) is 0. The lowest BCUT2D eigenvalue weighted by molar-refractivity contribution is 0.0571. The van der Waals surface area contributed by atoms with Gasteiger partial charge in [-0.2, -0.15) is 0 Å². The Kier molecular flexibility index (Phi) is 4.21. The van der Waals surface area contributed by atoms with Crippen molar-refractivity contribution in [1.29, 1.82) is 0 Å². The van der Waals surface area contributed by atoms with E-state index in [9.17, 15) is 4.79 Å². The van der Waals surface area contributed by atoms with Gasteiger partial charge in [-0.3, -0.25) is 4.79 Å². The molecular weight excluding hydrogens is 336 g/mol. The highest BCUT2D eigenvalue weighted by atomic mass is 16.5. The molecule has 3 heterocycles. The third-order valence-corrected chi connectivity index (χ3v) is 6.10. The second kappa shape index (κ2) is 6.86. The topological polar surface area (TPSA) is 45.3 Å². The minimum atomic E-state index is -0.0559. The molecule has 1 fully saturated rings. The molecule has 0 aliphatic carbocycles. The molecule has 1 unspecified atom stereocenters. The van der Waals surface area contributed by atoms with E-state index in [1.807, 2.05) is 18.2 Å². The summed E-state index contributed by atoms with van der Waals surface area (Å²) in [6.07, 6.45) is 4.51. The molecule has 1 N–H and O–H groups in total. The quantitative estimate of drug-likeness (QED) is 0.736. The van der Waals surface area contributed by atoms with E-state index < -0.39 is 0 Å². The summed E-state index contributed by atoms with van der Waals surface area (Å²) >= 11 is 0. The summed E-state index contributed by atoms with van der Waals surface area (Å²) in [6.45, 7) is 1.72. The number of nitrogens with one attached hydrogen (secondary N) is 1. The highest BCUT2D eigenvalue weighted by molar-refractivity contribution is 5.94. The summed E-state index contributed by atoms with van der Waals surface area (Å²) in [4.78, 5) is 17.3. The number of hydrogen-bond acceptors (Lipinski definition) is 3. The lowest BCUT2D eigenvalue weighted by atomic mass is 9.83. The number of aromatic amines is 1. The number of aryl methyl sites for hydroxylation is 1. The first-order chi connectivity index (χ1) is 13.3. The van der Waals surface area contributed by atoms with Gasteiger partial charge in [-0.1, -0.05) is 24.3 Å². The van der Waals surface area contributed by atoms with Crippen molar-refractivity contribution in [1.82, 2.24) is 4.98 Å². The van der Waals surface area contributed by atoms with Gasteiger partial charge in [0.1, 0.15) is 0 Å². The molecule has 0 saturated carbocycles. The Morgan fingerprint density at radius 2 is 1.70 bits per heavy atom. The molecule has 0 radical (unpaired) electrons. The molecule has 2 aliphatic heterocycles. The van der Waals surface area contributed by atoms with Gasteiger partial charge in [0, 0.05) is 36.4 Å². The van der Waals surface area contributed by atoms with Crippen LogP contribution in [0, 0.1) is 5.92 Å². The molecule has 0 amide bonds. The van der Waals surface area contributed by atoms with E-state index in [1.165, 1.54) is 16.9 Å². The van der Waals surface area contributed by atoms with Crippen molar-refractivity contribution in [3.8, 4) is 0 Å². The molecule has 1 aromatic heterocycles. The van der Waals surface area contributed by atoms with Crippen LogP contribution in [0.15, 0.2) is 59.4 Å². The number of nitrogens with zero attached hydrogens (tertiary/aromatic N) is 1. The molecule has 1 saturated heterocycles. The highest BCUT2D eigenvalue weighted by Gasteiger charge is 2.34. The number of pyridine rings is 1. The molecule has 0 bridgehead atoms. The van der Waals surface area contributed by atoms with Crippen LogP contribution in [0.4, 0.5) is 11.4 Å². The van der Waals surface area contributed by atoms with E-state index in [4.69, 9.17) is 4.74 Å². The number of H-pyrrole nitrogens is 1. The summed E-state index contributed by atoms with van der Waals surface area (Å²) in [5.74, 6) is 0.630. The Balaban J connectivity index is 1.69. The molecule has 2 aliphatic rings. The van der Waals surface area contributed by atoms with Crippen LogP contribution in [0.25, 0.3) is 10.9 Å². The van der Waals surface area contributed by atoms with Gasteiger partial charge in [0.15, 0.2) is 0 Å². The number of ether oxygens (including phenoxy) is 1. The van der Waals surface area contributed by atoms with Crippen LogP contribution < -0.4 is 10.5 Å². The van der Waals surface area contributed by atoms with Crippen LogP contribution in [-0.4, -0.2) is 24.2 Å². The number of anilines is 2. The van der Waals surface area contributed by atoms with Crippen LogP contribution in [0.2, 0.25) is 0 Å². The third kappa shape index (κ3) is 2.94. The SMILES string of the molecule is O=c1ccc2c(N3c4ccccc4CCC3C3CCOCC3)cccc2[nH]1. The summed E-state index contributed by atoms with van der Waals surface area (Å²) in [6, 6.07) is 19.0. The van der Waals surface area contributed by atoms with Gasteiger partial charge in [0.2, 0.25) is 5.56 Å². The highest BCUT2D eigenvalue weighted by Crippen LogP contribution is 2.43. The maximum absolute atomic E-state index is 11.8. The molecule has 27 heavy (non-hydrogen) atoms. The molecule has 0 spiro atoms. The minimum absolute atomic E-state index is 0.0559. The summed E-state index contributed by atoms with van der Waals surface area (Å²) in [5, 5.41) is 1.10.